The minimum absolute atomic E-state index is 0.432. The molecule has 0 unspecified atom stereocenters. The van der Waals surface area contributed by atoms with Crippen LogP contribution in [0.2, 0.25) is 5.02 Å². The zero-order valence-corrected chi connectivity index (χ0v) is 12.0. The highest BCUT2D eigenvalue weighted by Crippen LogP contribution is 2.24. The maximum atomic E-state index is 11.6. The molecule has 5 heteroatoms. The average Bonchev–Trinajstić information content (AvgIpc) is 2.27. The molecule has 0 aliphatic rings. The highest BCUT2D eigenvalue weighted by Gasteiger charge is 2.17. The molecule has 4 nitrogen and oxygen atoms in total. The summed E-state index contributed by atoms with van der Waals surface area (Å²) in [4.78, 5) is 11.6. The summed E-state index contributed by atoms with van der Waals surface area (Å²) in [5, 5.41) is 11.5. The number of carbonyl (C=O) groups excluding carboxylic acids is 1. The fourth-order valence-corrected chi connectivity index (χ4v) is 1.68. The molecule has 102 valence electrons. The van der Waals surface area contributed by atoms with Gasteiger partial charge in [0, 0.05) is 6.42 Å². The first kappa shape index (κ1) is 15.3. The molecule has 1 aromatic rings. The van der Waals surface area contributed by atoms with Gasteiger partial charge in [-0.3, -0.25) is 5.32 Å². The highest BCUT2D eigenvalue weighted by atomic mass is 35.5. The van der Waals surface area contributed by atoms with Crippen LogP contribution >= 0.6 is 11.6 Å². The molecular formula is C14H17ClN2O2. The third kappa shape index (κ3) is 5.62. The van der Waals surface area contributed by atoms with Crippen molar-refractivity contribution in [1.82, 2.24) is 0 Å². The number of hydrogen-bond donors (Lipinski definition) is 1. The number of rotatable bonds is 3. The quantitative estimate of drug-likeness (QED) is 0.905. The molecule has 0 bridgehead atoms. The molecular weight excluding hydrogens is 264 g/mol. The predicted octanol–water partition coefficient (Wildman–Crippen LogP) is 4.14. The van der Waals surface area contributed by atoms with Crippen molar-refractivity contribution >= 4 is 23.4 Å². The maximum Gasteiger partial charge on any atom is 0.412 e. The Morgan fingerprint density at radius 1 is 1.47 bits per heavy atom. The van der Waals surface area contributed by atoms with Crippen LogP contribution in [0.1, 0.15) is 32.8 Å². The van der Waals surface area contributed by atoms with Crippen LogP contribution < -0.4 is 5.32 Å². The standard InChI is InChI=1S/C14H17ClN2O2/c1-14(2,3)19-13(18)17-12-7-6-10(5-4-8-16)9-11(12)15/h6-7,9H,4-5H2,1-3H3,(H,17,18). The van der Waals surface area contributed by atoms with Crippen LogP contribution in [0.5, 0.6) is 0 Å². The number of anilines is 1. The second-order valence-electron chi connectivity index (χ2n) is 5.10. The van der Waals surface area contributed by atoms with Crippen molar-refractivity contribution in [2.75, 3.05) is 5.32 Å². The smallest absolute Gasteiger partial charge is 0.412 e. The van der Waals surface area contributed by atoms with Crippen molar-refractivity contribution in [3.8, 4) is 6.07 Å². The van der Waals surface area contributed by atoms with Gasteiger partial charge in [0.25, 0.3) is 0 Å². The van der Waals surface area contributed by atoms with Gasteiger partial charge >= 0.3 is 6.09 Å². The first-order valence-electron chi connectivity index (χ1n) is 5.97. The van der Waals surface area contributed by atoms with Gasteiger partial charge in [-0.15, -0.1) is 0 Å². The Balaban J connectivity index is 2.70. The van der Waals surface area contributed by atoms with Crippen molar-refractivity contribution in [3.05, 3.63) is 28.8 Å². The molecule has 1 N–H and O–H groups in total. The Bertz CT molecular complexity index is 501. The molecule has 0 saturated heterocycles. The van der Waals surface area contributed by atoms with E-state index in [1.165, 1.54) is 0 Å². The molecule has 0 saturated carbocycles. The minimum atomic E-state index is -0.552. The van der Waals surface area contributed by atoms with Crippen molar-refractivity contribution in [2.45, 2.75) is 39.2 Å². The number of hydrogen-bond acceptors (Lipinski definition) is 3. The van der Waals surface area contributed by atoms with Crippen LogP contribution in [0.4, 0.5) is 10.5 Å². The summed E-state index contributed by atoms with van der Waals surface area (Å²) >= 11 is 6.07. The highest BCUT2D eigenvalue weighted by molar-refractivity contribution is 6.33. The number of benzene rings is 1. The number of aryl methyl sites for hydroxylation is 1. The van der Waals surface area contributed by atoms with Gasteiger partial charge in [-0.1, -0.05) is 17.7 Å². The van der Waals surface area contributed by atoms with E-state index >= 15 is 0 Å². The molecule has 0 aromatic heterocycles. The molecule has 0 spiro atoms. The third-order valence-corrected chi connectivity index (χ3v) is 2.51. The number of amides is 1. The van der Waals surface area contributed by atoms with E-state index in [9.17, 15) is 4.79 Å². The first-order valence-corrected chi connectivity index (χ1v) is 6.35. The SMILES string of the molecule is CC(C)(C)OC(=O)Nc1ccc(CCC#N)cc1Cl. The van der Waals surface area contributed by atoms with E-state index < -0.39 is 11.7 Å². The summed E-state index contributed by atoms with van der Waals surface area (Å²) in [6.45, 7) is 5.37. The van der Waals surface area contributed by atoms with Crippen LogP contribution in [-0.2, 0) is 11.2 Å². The van der Waals surface area contributed by atoms with E-state index in [1.807, 2.05) is 6.07 Å². The van der Waals surface area contributed by atoms with Crippen molar-refractivity contribution in [3.63, 3.8) is 0 Å². The number of halogens is 1. The number of nitriles is 1. The van der Waals surface area contributed by atoms with Crippen LogP contribution in [0.3, 0.4) is 0 Å². The van der Waals surface area contributed by atoms with Crippen molar-refractivity contribution in [2.24, 2.45) is 0 Å². The van der Waals surface area contributed by atoms with E-state index in [0.717, 1.165) is 5.56 Å². The molecule has 1 aromatic carbocycles. The van der Waals surface area contributed by atoms with Crippen LogP contribution in [0.15, 0.2) is 18.2 Å². The summed E-state index contributed by atoms with van der Waals surface area (Å²) in [5.74, 6) is 0. The number of nitrogens with zero attached hydrogens (tertiary/aromatic N) is 1. The summed E-state index contributed by atoms with van der Waals surface area (Å²) in [6.07, 6.45) is 0.539. The Morgan fingerprint density at radius 2 is 2.16 bits per heavy atom. The number of nitrogens with one attached hydrogen (secondary N) is 1. The molecule has 0 fully saturated rings. The van der Waals surface area contributed by atoms with E-state index in [1.54, 1.807) is 32.9 Å². The molecule has 0 aliphatic carbocycles. The Kier molecular flexibility index (Phi) is 5.20. The topological polar surface area (TPSA) is 62.1 Å². The monoisotopic (exact) mass is 280 g/mol. The van der Waals surface area contributed by atoms with Crippen LogP contribution in [0, 0.1) is 11.3 Å². The van der Waals surface area contributed by atoms with Crippen molar-refractivity contribution < 1.29 is 9.53 Å². The molecule has 1 amide bonds. The summed E-state index contributed by atoms with van der Waals surface area (Å²) in [6, 6.07) is 7.35. The first-order chi connectivity index (χ1) is 8.81. The lowest BCUT2D eigenvalue weighted by molar-refractivity contribution is 0.0636. The fourth-order valence-electron chi connectivity index (χ4n) is 1.43. The predicted molar refractivity (Wildman–Crippen MR) is 75.2 cm³/mol. The lowest BCUT2D eigenvalue weighted by Gasteiger charge is -2.20. The van der Waals surface area contributed by atoms with Gasteiger partial charge in [-0.05, 0) is 44.9 Å². The lowest BCUT2D eigenvalue weighted by Crippen LogP contribution is -2.27. The average molecular weight is 281 g/mol. The van der Waals surface area contributed by atoms with E-state index in [0.29, 0.717) is 23.6 Å². The van der Waals surface area contributed by atoms with Crippen LogP contribution in [0.25, 0.3) is 0 Å². The van der Waals surface area contributed by atoms with Gasteiger partial charge < -0.3 is 4.74 Å². The van der Waals surface area contributed by atoms with Gasteiger partial charge in [0.2, 0.25) is 0 Å². The van der Waals surface area contributed by atoms with E-state index in [2.05, 4.69) is 11.4 Å². The zero-order valence-electron chi connectivity index (χ0n) is 11.3. The summed E-state index contributed by atoms with van der Waals surface area (Å²) in [5.41, 5.74) is 0.904. The van der Waals surface area contributed by atoms with Crippen molar-refractivity contribution in [1.29, 1.82) is 5.26 Å². The van der Waals surface area contributed by atoms with E-state index in [-0.39, 0.29) is 0 Å². The third-order valence-electron chi connectivity index (χ3n) is 2.19. The Labute approximate surface area is 118 Å². The molecule has 0 aliphatic heterocycles. The molecule has 1 rings (SSSR count). The van der Waals surface area contributed by atoms with Gasteiger partial charge in [-0.2, -0.15) is 5.26 Å². The van der Waals surface area contributed by atoms with Gasteiger partial charge in [-0.25, -0.2) is 4.79 Å². The normalized spacial score (nSPS) is 10.7. The molecule has 19 heavy (non-hydrogen) atoms. The zero-order chi connectivity index (χ0) is 14.5. The summed E-state index contributed by atoms with van der Waals surface area (Å²) < 4.78 is 5.14. The van der Waals surface area contributed by atoms with Crippen LogP contribution in [-0.4, -0.2) is 11.7 Å². The molecule has 0 atom stereocenters. The lowest BCUT2D eigenvalue weighted by atomic mass is 10.1. The second kappa shape index (κ2) is 6.44. The van der Waals surface area contributed by atoms with Gasteiger partial charge in [0.1, 0.15) is 5.60 Å². The minimum Gasteiger partial charge on any atom is -0.444 e. The fraction of sp³-hybridized carbons (Fsp3) is 0.429. The molecule has 0 radical (unpaired) electrons. The largest absolute Gasteiger partial charge is 0.444 e. The van der Waals surface area contributed by atoms with E-state index in [4.69, 9.17) is 21.6 Å². The Morgan fingerprint density at radius 3 is 2.68 bits per heavy atom. The second-order valence-corrected chi connectivity index (χ2v) is 5.51. The Hall–Kier alpha value is -1.73. The maximum absolute atomic E-state index is 11.6. The van der Waals surface area contributed by atoms with Gasteiger partial charge in [0.05, 0.1) is 16.8 Å². The molecule has 0 heterocycles. The summed E-state index contributed by atoms with van der Waals surface area (Å²) in [7, 11) is 0. The number of carbonyl (C=O) groups is 1. The number of ether oxygens (including phenoxy) is 1. The van der Waals surface area contributed by atoms with Gasteiger partial charge in [0.15, 0.2) is 0 Å².